The molecule has 0 bridgehead atoms. The van der Waals surface area contributed by atoms with Gasteiger partial charge in [-0.2, -0.15) is 0 Å². The lowest BCUT2D eigenvalue weighted by molar-refractivity contribution is 0.183. The maximum Gasteiger partial charge on any atom is 0.125 e. The van der Waals surface area contributed by atoms with Crippen LogP contribution in [0.3, 0.4) is 0 Å². The Bertz CT molecular complexity index is 823. The summed E-state index contributed by atoms with van der Waals surface area (Å²) in [5.41, 5.74) is 4.48. The standard InChI is InChI=1S/C34H58N4/c1-8-10-24-37(7)29(5)33-19-17-31(18-20-33)14-11-13-30(12-9-2)15-16-32-21-25-38(26-22-32)27-23-36-34(35-6)28(3)4/h11-13,17,28,32-33H,5-6,8-10,14-16,18-27H2,1-4,7H3/b13-11-,30-12+,36-34?. The fraction of sp³-hybridized carbons (Fsp3) is 0.706. The first kappa shape index (κ1) is 32.3. The maximum atomic E-state index is 4.65. The molecule has 0 amide bonds. The number of nitrogens with zero attached hydrogens (tertiary/aromatic N) is 4. The van der Waals surface area contributed by atoms with Gasteiger partial charge in [0, 0.05) is 37.7 Å². The number of likely N-dealkylation sites (tertiary alicyclic amines) is 1. The number of allylic oxidation sites excluding steroid dienone is 7. The number of unbranched alkanes of at least 4 members (excludes halogenated alkanes) is 1. The molecule has 0 radical (unpaired) electrons. The topological polar surface area (TPSA) is 31.2 Å². The van der Waals surface area contributed by atoms with Crippen molar-refractivity contribution in [3.05, 3.63) is 47.7 Å². The minimum atomic E-state index is 0.359. The summed E-state index contributed by atoms with van der Waals surface area (Å²) in [6.45, 7) is 22.3. The van der Waals surface area contributed by atoms with Gasteiger partial charge >= 0.3 is 0 Å². The molecule has 0 spiro atoms. The van der Waals surface area contributed by atoms with Crippen LogP contribution in [0.4, 0.5) is 0 Å². The zero-order valence-corrected chi connectivity index (χ0v) is 25.6. The summed E-state index contributed by atoms with van der Waals surface area (Å²) in [7, 11) is 2.21. The largest absolute Gasteiger partial charge is 0.378 e. The van der Waals surface area contributed by atoms with Crippen molar-refractivity contribution in [2.45, 2.75) is 98.3 Å². The maximum absolute atomic E-state index is 4.65. The molecular weight excluding hydrogens is 464 g/mol. The molecule has 38 heavy (non-hydrogen) atoms. The second kappa shape index (κ2) is 18.4. The third-order valence-electron chi connectivity index (χ3n) is 8.41. The second-order valence-electron chi connectivity index (χ2n) is 11.8. The fourth-order valence-electron chi connectivity index (χ4n) is 5.70. The highest BCUT2D eigenvalue weighted by molar-refractivity contribution is 5.87. The van der Waals surface area contributed by atoms with E-state index in [-0.39, 0.29) is 0 Å². The predicted octanol–water partition coefficient (Wildman–Crippen LogP) is 8.49. The van der Waals surface area contributed by atoms with Gasteiger partial charge in [0.1, 0.15) is 5.84 Å². The molecule has 2 rings (SSSR count). The predicted molar refractivity (Wildman–Crippen MR) is 169 cm³/mol. The second-order valence-corrected chi connectivity index (χ2v) is 11.8. The van der Waals surface area contributed by atoms with E-state index >= 15 is 0 Å². The molecule has 0 aromatic rings. The van der Waals surface area contributed by atoms with Crippen LogP contribution >= 0.6 is 0 Å². The third kappa shape index (κ3) is 11.8. The van der Waals surface area contributed by atoms with Crippen LogP contribution in [0.5, 0.6) is 0 Å². The van der Waals surface area contributed by atoms with Crippen LogP contribution in [-0.2, 0) is 0 Å². The smallest absolute Gasteiger partial charge is 0.125 e. The Morgan fingerprint density at radius 2 is 1.97 bits per heavy atom. The molecule has 0 aromatic carbocycles. The molecule has 1 aliphatic heterocycles. The molecule has 1 aliphatic carbocycles. The van der Waals surface area contributed by atoms with Crippen molar-refractivity contribution >= 4 is 12.6 Å². The summed E-state index contributed by atoms with van der Waals surface area (Å²) in [6, 6.07) is 0. The highest BCUT2D eigenvalue weighted by atomic mass is 15.1. The van der Waals surface area contributed by atoms with Crippen LogP contribution in [0.1, 0.15) is 98.3 Å². The van der Waals surface area contributed by atoms with Gasteiger partial charge in [-0.25, -0.2) is 4.99 Å². The molecule has 0 saturated carbocycles. The van der Waals surface area contributed by atoms with Crippen LogP contribution in [-0.4, -0.2) is 62.1 Å². The molecule has 2 aliphatic rings. The van der Waals surface area contributed by atoms with E-state index in [0.717, 1.165) is 50.7 Å². The Balaban J connectivity index is 1.71. The van der Waals surface area contributed by atoms with E-state index in [1.165, 1.54) is 75.7 Å². The van der Waals surface area contributed by atoms with Gasteiger partial charge < -0.3 is 9.80 Å². The average molecular weight is 523 g/mol. The molecule has 0 N–H and O–H groups in total. The fourth-order valence-corrected chi connectivity index (χ4v) is 5.70. The van der Waals surface area contributed by atoms with Gasteiger partial charge in [0.15, 0.2) is 0 Å². The van der Waals surface area contributed by atoms with E-state index in [1.807, 2.05) is 0 Å². The van der Waals surface area contributed by atoms with E-state index in [4.69, 9.17) is 0 Å². The summed E-state index contributed by atoms with van der Waals surface area (Å²) in [4.78, 5) is 13.7. The number of hydrogen-bond acceptors (Lipinski definition) is 3. The average Bonchev–Trinajstić information content (AvgIpc) is 2.93. The van der Waals surface area contributed by atoms with Crippen molar-refractivity contribution in [1.82, 2.24) is 9.80 Å². The number of aliphatic imine (C=N–C) groups is 2. The SMILES string of the molecule is C=NC(=NCCN1CCC(CCC(/C=C\CC2=CCC(C(=C)N(C)CCCC)CC2)=C/CC)CC1)C(C)C. The zero-order valence-electron chi connectivity index (χ0n) is 25.6. The van der Waals surface area contributed by atoms with Crippen LogP contribution in [0.2, 0.25) is 0 Å². The number of hydrogen-bond donors (Lipinski definition) is 0. The lowest BCUT2D eigenvalue weighted by Gasteiger charge is -2.31. The van der Waals surface area contributed by atoms with E-state index in [1.54, 1.807) is 5.57 Å². The van der Waals surface area contributed by atoms with Crippen molar-refractivity contribution in [3.63, 3.8) is 0 Å². The Labute approximate surface area is 235 Å². The molecule has 214 valence electrons. The first-order valence-corrected chi connectivity index (χ1v) is 15.5. The normalized spacial score (nSPS) is 20.3. The summed E-state index contributed by atoms with van der Waals surface area (Å²) < 4.78 is 0. The monoisotopic (exact) mass is 522 g/mol. The number of rotatable bonds is 16. The molecule has 1 saturated heterocycles. The van der Waals surface area contributed by atoms with Gasteiger partial charge in [-0.05, 0) is 89.9 Å². The van der Waals surface area contributed by atoms with Gasteiger partial charge in [-0.3, -0.25) is 4.99 Å². The lowest BCUT2D eigenvalue weighted by atomic mass is 9.86. The van der Waals surface area contributed by atoms with E-state index < -0.39 is 0 Å². The lowest BCUT2D eigenvalue weighted by Crippen LogP contribution is -2.35. The van der Waals surface area contributed by atoms with Crippen molar-refractivity contribution in [1.29, 1.82) is 0 Å². The molecule has 1 atom stereocenters. The molecular formula is C34H58N4. The first-order chi connectivity index (χ1) is 18.4. The molecule has 0 aromatic heterocycles. The van der Waals surface area contributed by atoms with Gasteiger partial charge in [-0.15, -0.1) is 0 Å². The zero-order chi connectivity index (χ0) is 27.8. The Kier molecular flexibility index (Phi) is 15.6. The molecule has 1 heterocycles. The van der Waals surface area contributed by atoms with Crippen LogP contribution in [0, 0.1) is 17.8 Å². The van der Waals surface area contributed by atoms with Crippen molar-refractivity contribution in [3.8, 4) is 0 Å². The summed E-state index contributed by atoms with van der Waals surface area (Å²) in [5.74, 6) is 2.73. The van der Waals surface area contributed by atoms with Crippen LogP contribution in [0.25, 0.3) is 0 Å². The van der Waals surface area contributed by atoms with Crippen LogP contribution < -0.4 is 0 Å². The molecule has 1 unspecified atom stereocenters. The molecule has 4 heteroatoms. The molecule has 4 nitrogen and oxygen atoms in total. The van der Waals surface area contributed by atoms with Gasteiger partial charge in [-0.1, -0.05) is 76.1 Å². The van der Waals surface area contributed by atoms with Crippen LogP contribution in [0.15, 0.2) is 57.7 Å². The van der Waals surface area contributed by atoms with Gasteiger partial charge in [0.2, 0.25) is 0 Å². The minimum absolute atomic E-state index is 0.359. The van der Waals surface area contributed by atoms with E-state index in [9.17, 15) is 0 Å². The Hall–Kier alpha value is -1.94. The van der Waals surface area contributed by atoms with E-state index in [2.05, 4.69) is 92.1 Å². The number of piperidine rings is 1. The molecule has 1 fully saturated rings. The number of amidine groups is 1. The highest BCUT2D eigenvalue weighted by Crippen LogP contribution is 2.31. The highest BCUT2D eigenvalue weighted by Gasteiger charge is 2.20. The minimum Gasteiger partial charge on any atom is -0.378 e. The Morgan fingerprint density at radius 3 is 2.58 bits per heavy atom. The summed E-state index contributed by atoms with van der Waals surface area (Å²) >= 11 is 0. The summed E-state index contributed by atoms with van der Waals surface area (Å²) in [6.07, 6.45) is 23.3. The first-order valence-electron chi connectivity index (χ1n) is 15.5. The van der Waals surface area contributed by atoms with Crippen molar-refractivity contribution < 1.29 is 0 Å². The Morgan fingerprint density at radius 1 is 1.21 bits per heavy atom. The quantitative estimate of drug-likeness (QED) is 0.0880. The van der Waals surface area contributed by atoms with Gasteiger partial charge in [0.25, 0.3) is 0 Å². The van der Waals surface area contributed by atoms with Gasteiger partial charge in [0.05, 0.1) is 6.54 Å². The van der Waals surface area contributed by atoms with Crippen molar-refractivity contribution in [2.24, 2.45) is 27.7 Å². The van der Waals surface area contributed by atoms with Crippen molar-refractivity contribution in [2.75, 3.05) is 39.8 Å². The van der Waals surface area contributed by atoms with E-state index in [0.29, 0.717) is 11.8 Å². The third-order valence-corrected chi connectivity index (χ3v) is 8.41. The summed E-state index contributed by atoms with van der Waals surface area (Å²) in [5, 5.41) is 0.